The minimum atomic E-state index is -1.15. The van der Waals surface area contributed by atoms with Gasteiger partial charge in [0, 0.05) is 0 Å². The summed E-state index contributed by atoms with van der Waals surface area (Å²) in [4.78, 5) is 35.5. The maximum Gasteiger partial charge on any atom is 0.326 e. The van der Waals surface area contributed by atoms with Crippen LogP contribution in [0.3, 0.4) is 0 Å². The molecule has 86 valence electrons. The van der Waals surface area contributed by atoms with Crippen molar-refractivity contribution in [2.45, 2.75) is 25.8 Å². The fraction of sp³-hybridized carbons (Fsp3) is 0.545. The number of carbonyl (C=O) groups is 3. The number of fused-ring (bicyclic) bond motifs is 1. The van der Waals surface area contributed by atoms with Gasteiger partial charge in [-0.05, 0) is 19.8 Å². The van der Waals surface area contributed by atoms with Crippen molar-refractivity contribution in [3.8, 4) is 0 Å². The van der Waals surface area contributed by atoms with E-state index in [0.717, 1.165) is 4.90 Å². The number of likely N-dealkylation sites (tertiary alicyclic amines) is 1. The van der Waals surface area contributed by atoms with Crippen molar-refractivity contribution in [1.29, 1.82) is 0 Å². The van der Waals surface area contributed by atoms with Crippen LogP contribution in [0.1, 0.15) is 19.8 Å². The van der Waals surface area contributed by atoms with E-state index in [-0.39, 0.29) is 23.7 Å². The number of carbonyl (C=O) groups excluding carboxylic acids is 2. The summed E-state index contributed by atoms with van der Waals surface area (Å²) < 4.78 is 0. The van der Waals surface area contributed by atoms with Crippen LogP contribution in [0, 0.1) is 11.8 Å². The Morgan fingerprint density at radius 1 is 1.31 bits per heavy atom. The summed E-state index contributed by atoms with van der Waals surface area (Å²) >= 11 is 0. The first-order chi connectivity index (χ1) is 7.54. The highest BCUT2D eigenvalue weighted by Crippen LogP contribution is 2.35. The summed E-state index contributed by atoms with van der Waals surface area (Å²) in [6, 6.07) is -1.06. The molecule has 1 fully saturated rings. The average molecular weight is 223 g/mol. The van der Waals surface area contributed by atoms with E-state index in [1.54, 1.807) is 0 Å². The van der Waals surface area contributed by atoms with Crippen LogP contribution in [0.25, 0.3) is 0 Å². The summed E-state index contributed by atoms with van der Waals surface area (Å²) in [6.07, 6.45) is 4.83. The van der Waals surface area contributed by atoms with Crippen molar-refractivity contribution in [3.63, 3.8) is 0 Å². The van der Waals surface area contributed by atoms with Gasteiger partial charge in [-0.2, -0.15) is 0 Å². The molecule has 5 heteroatoms. The molecule has 0 spiro atoms. The molecule has 1 N–H and O–H groups in total. The molecule has 1 saturated heterocycles. The predicted molar refractivity (Wildman–Crippen MR) is 54.3 cm³/mol. The van der Waals surface area contributed by atoms with Gasteiger partial charge in [0.1, 0.15) is 6.04 Å². The van der Waals surface area contributed by atoms with Crippen LogP contribution < -0.4 is 0 Å². The van der Waals surface area contributed by atoms with Gasteiger partial charge < -0.3 is 5.11 Å². The molecular weight excluding hydrogens is 210 g/mol. The average Bonchev–Trinajstić information content (AvgIpc) is 2.52. The van der Waals surface area contributed by atoms with Crippen LogP contribution in [0.5, 0.6) is 0 Å². The normalized spacial score (nSPS) is 30.4. The van der Waals surface area contributed by atoms with Gasteiger partial charge >= 0.3 is 5.97 Å². The number of rotatable bonds is 2. The lowest BCUT2D eigenvalue weighted by Crippen LogP contribution is -2.43. The Bertz CT molecular complexity index is 361. The summed E-state index contributed by atoms with van der Waals surface area (Å²) in [7, 11) is 0. The van der Waals surface area contributed by atoms with Crippen LogP contribution in [0.2, 0.25) is 0 Å². The molecule has 1 unspecified atom stereocenters. The zero-order valence-corrected chi connectivity index (χ0v) is 8.92. The molecule has 1 aliphatic heterocycles. The number of aliphatic carboxylic acids is 1. The van der Waals surface area contributed by atoms with E-state index in [0.29, 0.717) is 12.8 Å². The lowest BCUT2D eigenvalue weighted by molar-refractivity contribution is -0.154. The number of allylic oxidation sites excluding steroid dienone is 2. The van der Waals surface area contributed by atoms with Crippen LogP contribution in [0.4, 0.5) is 0 Å². The summed E-state index contributed by atoms with van der Waals surface area (Å²) in [5.74, 6) is -2.52. The lowest BCUT2D eigenvalue weighted by Gasteiger charge is -2.18. The maximum atomic E-state index is 11.9. The number of hydrogen-bond acceptors (Lipinski definition) is 3. The van der Waals surface area contributed by atoms with Crippen LogP contribution in [0.15, 0.2) is 12.2 Å². The highest BCUT2D eigenvalue weighted by molar-refractivity contribution is 6.07. The van der Waals surface area contributed by atoms with E-state index in [4.69, 9.17) is 5.11 Å². The molecule has 1 aliphatic carbocycles. The Balaban J connectivity index is 2.27. The number of amides is 2. The molecule has 16 heavy (non-hydrogen) atoms. The third-order valence-corrected chi connectivity index (χ3v) is 3.29. The minimum absolute atomic E-state index is 0.339. The maximum absolute atomic E-state index is 11.9. The zero-order valence-electron chi connectivity index (χ0n) is 8.92. The van der Waals surface area contributed by atoms with Gasteiger partial charge in [-0.25, -0.2) is 4.79 Å². The lowest BCUT2D eigenvalue weighted by atomic mass is 9.85. The Morgan fingerprint density at radius 3 is 2.12 bits per heavy atom. The van der Waals surface area contributed by atoms with E-state index < -0.39 is 12.0 Å². The molecule has 2 amide bonds. The van der Waals surface area contributed by atoms with Crippen molar-refractivity contribution in [3.05, 3.63) is 12.2 Å². The van der Waals surface area contributed by atoms with E-state index in [1.807, 2.05) is 12.2 Å². The first-order valence-electron chi connectivity index (χ1n) is 5.28. The number of imide groups is 1. The minimum Gasteiger partial charge on any atom is -0.480 e. The van der Waals surface area contributed by atoms with Gasteiger partial charge in [0.15, 0.2) is 0 Å². The van der Waals surface area contributed by atoms with E-state index >= 15 is 0 Å². The van der Waals surface area contributed by atoms with Crippen molar-refractivity contribution in [2.24, 2.45) is 11.8 Å². The molecule has 2 aliphatic rings. The second-order valence-corrected chi connectivity index (χ2v) is 4.22. The highest BCUT2D eigenvalue weighted by atomic mass is 16.4. The van der Waals surface area contributed by atoms with Crippen molar-refractivity contribution < 1.29 is 19.5 Å². The number of carboxylic acid groups (broad SMARTS) is 1. The quantitative estimate of drug-likeness (QED) is 0.543. The van der Waals surface area contributed by atoms with Gasteiger partial charge in [-0.1, -0.05) is 12.2 Å². The number of nitrogens with zero attached hydrogens (tertiary/aromatic N) is 1. The Hall–Kier alpha value is -1.65. The smallest absolute Gasteiger partial charge is 0.326 e. The first-order valence-corrected chi connectivity index (χ1v) is 5.28. The van der Waals surface area contributed by atoms with Gasteiger partial charge in [-0.3, -0.25) is 14.5 Å². The largest absolute Gasteiger partial charge is 0.480 e. The van der Waals surface area contributed by atoms with Crippen LogP contribution in [-0.2, 0) is 14.4 Å². The second-order valence-electron chi connectivity index (χ2n) is 4.22. The SMILES string of the molecule is CC(C(=O)O)N1C(=O)[C@H]2CC=CC[C@H]2C1=O. The monoisotopic (exact) mass is 223 g/mol. The van der Waals surface area contributed by atoms with Crippen LogP contribution >= 0.6 is 0 Å². The molecule has 1 heterocycles. The van der Waals surface area contributed by atoms with Gasteiger partial charge in [0.2, 0.25) is 11.8 Å². The van der Waals surface area contributed by atoms with Crippen LogP contribution in [-0.4, -0.2) is 33.8 Å². The summed E-state index contributed by atoms with van der Waals surface area (Å²) in [5.41, 5.74) is 0. The Morgan fingerprint density at radius 2 is 1.75 bits per heavy atom. The highest BCUT2D eigenvalue weighted by Gasteiger charge is 2.50. The molecule has 5 nitrogen and oxygen atoms in total. The van der Waals surface area contributed by atoms with E-state index in [2.05, 4.69) is 0 Å². The molecule has 0 saturated carbocycles. The van der Waals surface area contributed by atoms with Gasteiger partial charge in [0.05, 0.1) is 11.8 Å². The molecule has 2 rings (SSSR count). The van der Waals surface area contributed by atoms with Crippen molar-refractivity contribution in [1.82, 2.24) is 4.90 Å². The molecule has 0 aromatic heterocycles. The third-order valence-electron chi connectivity index (χ3n) is 3.29. The predicted octanol–water partition coefficient (Wildman–Crippen LogP) is 0.411. The van der Waals surface area contributed by atoms with E-state index in [9.17, 15) is 14.4 Å². The molecule has 0 aromatic carbocycles. The summed E-state index contributed by atoms with van der Waals surface area (Å²) in [6.45, 7) is 1.36. The van der Waals surface area contributed by atoms with Gasteiger partial charge in [0.25, 0.3) is 0 Å². The van der Waals surface area contributed by atoms with E-state index in [1.165, 1.54) is 6.92 Å². The fourth-order valence-corrected chi connectivity index (χ4v) is 2.32. The van der Waals surface area contributed by atoms with Gasteiger partial charge in [-0.15, -0.1) is 0 Å². The first kappa shape index (κ1) is 10.9. The van der Waals surface area contributed by atoms with Crippen molar-refractivity contribution in [2.75, 3.05) is 0 Å². The molecule has 0 bridgehead atoms. The third kappa shape index (κ3) is 1.43. The fourth-order valence-electron chi connectivity index (χ4n) is 2.32. The topological polar surface area (TPSA) is 74.7 Å². The number of hydrogen-bond donors (Lipinski definition) is 1. The Kier molecular flexibility index (Phi) is 2.53. The Labute approximate surface area is 92.7 Å². The zero-order chi connectivity index (χ0) is 11.9. The second kappa shape index (κ2) is 3.73. The molecule has 3 atom stereocenters. The molecular formula is C11H13NO4. The number of carboxylic acids is 1. The molecule has 0 radical (unpaired) electrons. The van der Waals surface area contributed by atoms with Crippen molar-refractivity contribution >= 4 is 17.8 Å². The standard InChI is InChI=1S/C11H13NO4/c1-6(11(15)16)12-9(13)7-4-2-3-5-8(7)10(12)14/h2-3,6-8H,4-5H2,1H3,(H,15,16)/t6?,7-,8+. The summed E-state index contributed by atoms with van der Waals surface area (Å²) in [5, 5.41) is 8.85. The molecule has 0 aromatic rings.